The second-order valence-electron chi connectivity index (χ2n) is 2.32. The predicted molar refractivity (Wildman–Crippen MR) is 54.9 cm³/mol. The van der Waals surface area contributed by atoms with E-state index in [-0.39, 0.29) is 14.8 Å². The zero-order chi connectivity index (χ0) is 10.9. The maximum absolute atomic E-state index is 13.3. The lowest BCUT2D eigenvalue weighted by atomic mass is 10.3. The van der Waals surface area contributed by atoms with Crippen LogP contribution in [-0.4, -0.2) is 12.5 Å². The Labute approximate surface area is 93.2 Å². The predicted octanol–water partition coefficient (Wildman–Crippen LogP) is 4.20. The summed E-state index contributed by atoms with van der Waals surface area (Å²) in [5.74, 6) is -3.17. The van der Waals surface area contributed by atoms with Gasteiger partial charge in [-0.25, -0.2) is 13.2 Å². The highest BCUT2D eigenvalue weighted by Gasteiger charge is 2.22. The van der Waals surface area contributed by atoms with E-state index in [0.29, 0.717) is 0 Å². The van der Waals surface area contributed by atoms with E-state index in [1.807, 2.05) is 0 Å². The molecule has 0 atom stereocenters. The second-order valence-corrected chi connectivity index (χ2v) is 4.33. The molecule has 0 nitrogen and oxygen atoms in total. The van der Waals surface area contributed by atoms with Crippen LogP contribution in [0.25, 0.3) is 0 Å². The smallest absolute Gasteiger partial charge is 0.176 e. The molecule has 0 fully saturated rings. The zero-order valence-electron chi connectivity index (χ0n) is 7.33. The van der Waals surface area contributed by atoms with Crippen LogP contribution in [0.1, 0.15) is 0 Å². The Morgan fingerprint density at radius 2 is 1.29 bits per heavy atom. The van der Waals surface area contributed by atoms with Crippen molar-refractivity contribution < 1.29 is 13.2 Å². The van der Waals surface area contributed by atoms with Gasteiger partial charge in [0.2, 0.25) is 0 Å². The van der Waals surface area contributed by atoms with E-state index in [1.165, 1.54) is 12.5 Å². The number of hydrogen-bond acceptors (Lipinski definition) is 2. The Balaban J connectivity index is 3.55. The van der Waals surface area contributed by atoms with Gasteiger partial charge >= 0.3 is 0 Å². The molecule has 0 saturated heterocycles. The first-order valence-corrected chi connectivity index (χ1v) is 6.31. The first-order chi connectivity index (χ1) is 6.54. The van der Waals surface area contributed by atoms with Crippen LogP contribution in [0.5, 0.6) is 0 Å². The number of rotatable bonds is 2. The van der Waals surface area contributed by atoms with Crippen LogP contribution in [0, 0.1) is 17.5 Å². The van der Waals surface area contributed by atoms with Gasteiger partial charge in [-0.3, -0.25) is 0 Å². The Hall–Kier alpha value is -0.000000000000000111. The van der Waals surface area contributed by atoms with Crippen LogP contribution in [0.3, 0.4) is 0 Å². The van der Waals surface area contributed by atoms with Crippen molar-refractivity contribution in [2.75, 3.05) is 12.5 Å². The van der Waals surface area contributed by atoms with Crippen molar-refractivity contribution in [3.8, 4) is 0 Å². The molecule has 0 radical (unpaired) electrons. The highest BCUT2D eigenvalue weighted by molar-refractivity contribution is 7.99. The van der Waals surface area contributed by atoms with Crippen LogP contribution < -0.4 is 0 Å². The molecular formula is C8H6ClF3S2. The molecule has 0 saturated carbocycles. The summed E-state index contributed by atoms with van der Waals surface area (Å²) in [7, 11) is 0. The third kappa shape index (κ3) is 1.85. The Morgan fingerprint density at radius 3 is 1.71 bits per heavy atom. The van der Waals surface area contributed by atoms with Crippen molar-refractivity contribution in [3.63, 3.8) is 0 Å². The van der Waals surface area contributed by atoms with E-state index in [2.05, 4.69) is 0 Å². The summed E-state index contributed by atoms with van der Waals surface area (Å²) in [6, 6.07) is 0. The van der Waals surface area contributed by atoms with Crippen molar-refractivity contribution in [1.29, 1.82) is 0 Å². The fourth-order valence-corrected chi connectivity index (χ4v) is 2.50. The highest BCUT2D eigenvalue weighted by Crippen LogP contribution is 2.37. The van der Waals surface area contributed by atoms with Gasteiger partial charge in [0.1, 0.15) is 0 Å². The minimum Gasteiger partial charge on any atom is -0.204 e. The lowest BCUT2D eigenvalue weighted by Crippen LogP contribution is -1.97. The molecule has 0 spiro atoms. The van der Waals surface area contributed by atoms with E-state index in [0.717, 1.165) is 23.5 Å². The van der Waals surface area contributed by atoms with E-state index in [1.54, 1.807) is 0 Å². The van der Waals surface area contributed by atoms with Gasteiger partial charge in [-0.2, -0.15) is 0 Å². The first kappa shape index (κ1) is 12.1. The zero-order valence-corrected chi connectivity index (χ0v) is 9.72. The summed E-state index contributed by atoms with van der Waals surface area (Å²) in [6.45, 7) is 0. The van der Waals surface area contributed by atoms with E-state index in [4.69, 9.17) is 11.6 Å². The molecule has 0 bridgehead atoms. The molecule has 0 heterocycles. The van der Waals surface area contributed by atoms with Gasteiger partial charge < -0.3 is 0 Å². The quantitative estimate of drug-likeness (QED) is 0.576. The summed E-state index contributed by atoms with van der Waals surface area (Å²) in [4.78, 5) is -0.579. The van der Waals surface area contributed by atoms with Gasteiger partial charge in [0.05, 0.1) is 14.8 Å². The minimum atomic E-state index is -1.18. The van der Waals surface area contributed by atoms with Crippen molar-refractivity contribution >= 4 is 35.1 Å². The monoisotopic (exact) mass is 258 g/mol. The molecule has 14 heavy (non-hydrogen) atoms. The molecule has 6 heteroatoms. The van der Waals surface area contributed by atoms with Gasteiger partial charge in [-0.15, -0.1) is 23.5 Å². The largest absolute Gasteiger partial charge is 0.204 e. The average molecular weight is 259 g/mol. The summed E-state index contributed by atoms with van der Waals surface area (Å²) < 4.78 is 39.7. The van der Waals surface area contributed by atoms with Crippen LogP contribution in [0.2, 0.25) is 5.02 Å². The van der Waals surface area contributed by atoms with Gasteiger partial charge in [-0.05, 0) is 12.5 Å². The van der Waals surface area contributed by atoms with Crippen molar-refractivity contribution in [2.24, 2.45) is 0 Å². The molecule has 0 aliphatic rings. The molecule has 0 unspecified atom stereocenters. The minimum absolute atomic E-state index is 0.195. The number of thioether (sulfide) groups is 2. The van der Waals surface area contributed by atoms with Crippen LogP contribution in [-0.2, 0) is 0 Å². The normalized spacial score (nSPS) is 10.7. The van der Waals surface area contributed by atoms with Gasteiger partial charge in [-0.1, -0.05) is 11.6 Å². The van der Waals surface area contributed by atoms with Crippen molar-refractivity contribution in [2.45, 2.75) is 9.79 Å². The Morgan fingerprint density at radius 1 is 0.857 bits per heavy atom. The standard InChI is InChI=1S/C8H6ClF3S2/c1-13-7-3(9)4(10)8(14-2)6(12)5(7)11/h1-2H3. The summed E-state index contributed by atoms with van der Waals surface area (Å²) >= 11 is 7.20. The Kier molecular flexibility index (Phi) is 4.04. The second kappa shape index (κ2) is 4.68. The molecular weight excluding hydrogens is 253 g/mol. The molecule has 0 amide bonds. The van der Waals surface area contributed by atoms with Gasteiger partial charge in [0.25, 0.3) is 0 Å². The van der Waals surface area contributed by atoms with Crippen LogP contribution in [0.15, 0.2) is 9.79 Å². The SMILES string of the molecule is CSc1c(F)c(F)c(SC)c(Cl)c1F. The van der Waals surface area contributed by atoms with Gasteiger partial charge in [0, 0.05) is 0 Å². The fourth-order valence-electron chi connectivity index (χ4n) is 0.950. The van der Waals surface area contributed by atoms with Crippen LogP contribution >= 0.6 is 35.1 Å². The molecule has 0 aliphatic carbocycles. The average Bonchev–Trinajstić information content (AvgIpc) is 2.17. The first-order valence-electron chi connectivity index (χ1n) is 3.48. The lowest BCUT2D eigenvalue weighted by molar-refractivity contribution is 0.451. The summed E-state index contributed by atoms with van der Waals surface area (Å²) in [5, 5.41) is -0.360. The molecule has 0 aromatic heterocycles. The molecule has 1 aromatic carbocycles. The van der Waals surface area contributed by atoms with Gasteiger partial charge in [0.15, 0.2) is 17.5 Å². The van der Waals surface area contributed by atoms with Crippen LogP contribution in [0.4, 0.5) is 13.2 Å². The third-order valence-corrected chi connectivity index (χ3v) is 3.62. The van der Waals surface area contributed by atoms with Crippen molar-refractivity contribution in [3.05, 3.63) is 22.5 Å². The maximum Gasteiger partial charge on any atom is 0.176 e. The molecule has 0 aliphatic heterocycles. The molecule has 1 rings (SSSR count). The molecule has 78 valence electrons. The third-order valence-electron chi connectivity index (χ3n) is 1.59. The Bertz CT molecular complexity index is 304. The molecule has 0 N–H and O–H groups in total. The van der Waals surface area contributed by atoms with E-state index < -0.39 is 17.5 Å². The summed E-state index contributed by atoms with van der Waals surface area (Å²) in [5.41, 5.74) is 0. The van der Waals surface area contributed by atoms with Crippen molar-refractivity contribution in [1.82, 2.24) is 0 Å². The fraction of sp³-hybridized carbons (Fsp3) is 0.250. The van der Waals surface area contributed by atoms with E-state index in [9.17, 15) is 13.2 Å². The maximum atomic E-state index is 13.3. The highest BCUT2D eigenvalue weighted by atomic mass is 35.5. The number of hydrogen-bond donors (Lipinski definition) is 0. The topological polar surface area (TPSA) is 0 Å². The molecule has 1 aromatic rings. The summed E-state index contributed by atoms with van der Waals surface area (Å²) in [6.07, 6.45) is 2.96. The lowest BCUT2D eigenvalue weighted by Gasteiger charge is -2.08. The van der Waals surface area contributed by atoms with E-state index >= 15 is 0 Å². The number of benzene rings is 1. The number of halogens is 4.